The number of hydrogen-bond donors (Lipinski definition) is 1. The molecule has 1 saturated heterocycles. The van der Waals surface area contributed by atoms with Gasteiger partial charge in [-0.15, -0.1) is 0 Å². The highest BCUT2D eigenvalue weighted by Gasteiger charge is 2.40. The maximum Gasteiger partial charge on any atom is 0.326 e. The van der Waals surface area contributed by atoms with E-state index < -0.39 is 17.9 Å². The highest BCUT2D eigenvalue weighted by Crippen LogP contribution is 2.37. The van der Waals surface area contributed by atoms with E-state index in [-0.39, 0.29) is 4.32 Å². The molecule has 152 valence electrons. The van der Waals surface area contributed by atoms with Crippen molar-refractivity contribution in [3.8, 4) is 11.3 Å². The molecule has 1 aliphatic rings. The van der Waals surface area contributed by atoms with Crippen molar-refractivity contribution in [3.63, 3.8) is 0 Å². The van der Waals surface area contributed by atoms with E-state index in [0.717, 1.165) is 18.2 Å². The molecule has 5 nitrogen and oxygen atoms in total. The van der Waals surface area contributed by atoms with E-state index in [4.69, 9.17) is 39.8 Å². The molecule has 3 rings (SSSR count). The van der Waals surface area contributed by atoms with Crippen LogP contribution in [0.5, 0.6) is 0 Å². The molecule has 1 fully saturated rings. The molecule has 0 spiro atoms. The van der Waals surface area contributed by atoms with Crippen molar-refractivity contribution < 1.29 is 19.1 Å². The van der Waals surface area contributed by atoms with Crippen LogP contribution in [0.2, 0.25) is 10.0 Å². The SMILES string of the molecule is CCCCC(C(=O)O)N1C(=O)C(=Cc2ccc(-c3cc(Cl)ccc3Cl)o2)SC1=S. The lowest BCUT2D eigenvalue weighted by Crippen LogP contribution is -2.43. The van der Waals surface area contributed by atoms with Gasteiger partial charge in [-0.2, -0.15) is 0 Å². The largest absolute Gasteiger partial charge is 0.480 e. The van der Waals surface area contributed by atoms with Gasteiger partial charge >= 0.3 is 5.97 Å². The number of carboxylic acids is 1. The summed E-state index contributed by atoms with van der Waals surface area (Å²) in [7, 11) is 0. The number of hydrogen-bond acceptors (Lipinski definition) is 5. The fraction of sp³-hybridized carbons (Fsp3) is 0.250. The Morgan fingerprint density at radius 1 is 1.34 bits per heavy atom. The van der Waals surface area contributed by atoms with Crippen LogP contribution in [0.3, 0.4) is 0 Å². The number of furan rings is 1. The second-order valence-corrected chi connectivity index (χ2v) is 8.89. The monoisotopic (exact) mass is 469 g/mol. The summed E-state index contributed by atoms with van der Waals surface area (Å²) in [6.45, 7) is 1.96. The third kappa shape index (κ3) is 4.86. The Kier molecular flexibility index (Phi) is 7.05. The van der Waals surface area contributed by atoms with E-state index in [2.05, 4.69) is 0 Å². The van der Waals surface area contributed by atoms with Crippen molar-refractivity contribution in [2.75, 3.05) is 0 Å². The topological polar surface area (TPSA) is 70.8 Å². The molecule has 0 saturated carbocycles. The number of thioether (sulfide) groups is 1. The summed E-state index contributed by atoms with van der Waals surface area (Å²) in [4.78, 5) is 26.0. The van der Waals surface area contributed by atoms with Crippen LogP contribution >= 0.6 is 47.2 Å². The lowest BCUT2D eigenvalue weighted by atomic mass is 10.1. The zero-order valence-corrected chi connectivity index (χ0v) is 18.5. The lowest BCUT2D eigenvalue weighted by molar-refractivity contribution is -0.145. The van der Waals surface area contributed by atoms with Crippen LogP contribution in [0.15, 0.2) is 39.7 Å². The Hall–Kier alpha value is -1.80. The Morgan fingerprint density at radius 2 is 2.10 bits per heavy atom. The number of benzene rings is 1. The number of nitrogens with zero attached hydrogens (tertiary/aromatic N) is 1. The summed E-state index contributed by atoms with van der Waals surface area (Å²) in [6.07, 6.45) is 3.42. The third-order valence-electron chi connectivity index (χ3n) is 4.35. The molecular weight excluding hydrogens is 453 g/mol. The van der Waals surface area contributed by atoms with Gasteiger partial charge in [-0.25, -0.2) is 4.79 Å². The number of carboxylic acid groups (broad SMARTS) is 1. The van der Waals surface area contributed by atoms with Crippen molar-refractivity contribution in [1.29, 1.82) is 0 Å². The average Bonchev–Trinajstić information content (AvgIpc) is 3.23. The van der Waals surface area contributed by atoms with E-state index in [1.807, 2.05) is 6.92 Å². The molecule has 1 atom stereocenters. The molecule has 1 unspecified atom stereocenters. The van der Waals surface area contributed by atoms with Crippen LogP contribution in [0.1, 0.15) is 31.9 Å². The number of carbonyl (C=O) groups is 2. The van der Waals surface area contributed by atoms with Gasteiger partial charge in [-0.1, -0.05) is 66.9 Å². The lowest BCUT2D eigenvalue weighted by Gasteiger charge is -2.22. The first kappa shape index (κ1) is 21.9. The molecule has 1 amide bonds. The standard InChI is InChI=1S/C20H17Cl2NO4S2/c1-2-3-4-15(19(25)26)23-18(24)17(29-20(23)28)10-12-6-8-16(27-12)13-9-11(21)5-7-14(13)22/h5-10,15H,2-4H2,1H3,(H,25,26). The van der Waals surface area contributed by atoms with Crippen LogP contribution in [-0.2, 0) is 9.59 Å². The zero-order valence-electron chi connectivity index (χ0n) is 15.4. The highest BCUT2D eigenvalue weighted by atomic mass is 35.5. The fourth-order valence-corrected chi connectivity index (χ4v) is 4.62. The van der Waals surface area contributed by atoms with Gasteiger partial charge in [0.2, 0.25) is 0 Å². The van der Waals surface area contributed by atoms with Crippen molar-refractivity contribution in [3.05, 3.63) is 51.0 Å². The van der Waals surface area contributed by atoms with Crippen LogP contribution in [0.4, 0.5) is 0 Å². The normalized spacial score (nSPS) is 16.7. The van der Waals surface area contributed by atoms with Gasteiger partial charge in [-0.3, -0.25) is 9.69 Å². The molecule has 29 heavy (non-hydrogen) atoms. The summed E-state index contributed by atoms with van der Waals surface area (Å²) in [5.41, 5.74) is 0.636. The number of thiocarbonyl (C=S) groups is 1. The van der Waals surface area contributed by atoms with Gasteiger partial charge in [0, 0.05) is 16.7 Å². The van der Waals surface area contributed by atoms with Crippen molar-refractivity contribution >= 4 is 69.5 Å². The third-order valence-corrected chi connectivity index (χ3v) is 6.24. The minimum atomic E-state index is -1.06. The predicted molar refractivity (Wildman–Crippen MR) is 120 cm³/mol. The van der Waals surface area contributed by atoms with Crippen LogP contribution in [-0.4, -0.2) is 32.2 Å². The number of halogens is 2. The predicted octanol–water partition coefficient (Wildman–Crippen LogP) is 6.10. The van der Waals surface area contributed by atoms with Gasteiger partial charge in [0.05, 0.1) is 9.93 Å². The molecule has 9 heteroatoms. The first-order valence-electron chi connectivity index (χ1n) is 8.87. The highest BCUT2D eigenvalue weighted by molar-refractivity contribution is 8.26. The minimum Gasteiger partial charge on any atom is -0.480 e. The van der Waals surface area contributed by atoms with Gasteiger partial charge in [0.15, 0.2) is 0 Å². The number of unbranched alkanes of at least 4 members (excludes halogenated alkanes) is 1. The van der Waals surface area contributed by atoms with Crippen LogP contribution in [0.25, 0.3) is 17.4 Å². The number of rotatable bonds is 7. The van der Waals surface area contributed by atoms with Crippen LogP contribution < -0.4 is 0 Å². The van der Waals surface area contributed by atoms with Crippen molar-refractivity contribution in [2.45, 2.75) is 32.2 Å². The second kappa shape index (κ2) is 9.34. The second-order valence-electron chi connectivity index (χ2n) is 6.37. The van der Waals surface area contributed by atoms with Gasteiger partial charge < -0.3 is 9.52 Å². The van der Waals surface area contributed by atoms with E-state index >= 15 is 0 Å². The van der Waals surface area contributed by atoms with Gasteiger partial charge in [-0.05, 0) is 36.8 Å². The summed E-state index contributed by atoms with van der Waals surface area (Å²) in [5.74, 6) is -0.559. The summed E-state index contributed by atoms with van der Waals surface area (Å²) in [6, 6.07) is 7.51. The molecule has 1 aromatic carbocycles. The number of amides is 1. The Morgan fingerprint density at radius 3 is 2.79 bits per heavy atom. The molecule has 0 radical (unpaired) electrons. The first-order valence-corrected chi connectivity index (χ1v) is 10.8. The molecular formula is C20H17Cl2NO4S2. The Bertz CT molecular complexity index is 1000. The summed E-state index contributed by atoms with van der Waals surface area (Å²) >= 11 is 18.6. The fourth-order valence-electron chi connectivity index (χ4n) is 2.90. The van der Waals surface area contributed by atoms with Gasteiger partial charge in [0.1, 0.15) is 21.9 Å². The molecule has 2 aromatic rings. The zero-order chi connectivity index (χ0) is 21.1. The van der Waals surface area contributed by atoms with Crippen LogP contribution in [0, 0.1) is 0 Å². The molecule has 1 aliphatic heterocycles. The maximum atomic E-state index is 12.8. The summed E-state index contributed by atoms with van der Waals surface area (Å²) < 4.78 is 6.03. The summed E-state index contributed by atoms with van der Waals surface area (Å²) in [5, 5.41) is 10.5. The molecule has 1 aromatic heterocycles. The first-order chi connectivity index (χ1) is 13.8. The number of carbonyl (C=O) groups excluding carboxylic acids is 1. The smallest absolute Gasteiger partial charge is 0.326 e. The molecule has 1 N–H and O–H groups in total. The van der Waals surface area contributed by atoms with E-state index in [1.54, 1.807) is 36.4 Å². The molecule has 2 heterocycles. The minimum absolute atomic E-state index is 0.231. The van der Waals surface area contributed by atoms with Crippen molar-refractivity contribution in [1.82, 2.24) is 4.90 Å². The Balaban J connectivity index is 1.85. The maximum absolute atomic E-state index is 12.8. The molecule has 0 aliphatic carbocycles. The van der Waals surface area contributed by atoms with E-state index in [1.165, 1.54) is 4.90 Å². The Labute approximate surface area is 187 Å². The van der Waals surface area contributed by atoms with E-state index in [9.17, 15) is 14.7 Å². The van der Waals surface area contributed by atoms with Gasteiger partial charge in [0.25, 0.3) is 5.91 Å². The number of aliphatic carboxylic acids is 1. The van der Waals surface area contributed by atoms with Crippen molar-refractivity contribution in [2.24, 2.45) is 0 Å². The molecule has 0 bridgehead atoms. The van der Waals surface area contributed by atoms with E-state index in [0.29, 0.717) is 44.9 Å². The average molecular weight is 470 g/mol. The quantitative estimate of drug-likeness (QED) is 0.390.